The molecule has 0 aliphatic carbocycles. The standard InChI is InChI=1S/C13H13N3O5/c1-8-9(7-12(17)21-2)13(18)15(14-8)10-5-3-4-6-11(10)16(19)20/h3-6,9H,7H2,1-2H3. The van der Waals surface area contributed by atoms with Crippen molar-refractivity contribution in [3.63, 3.8) is 0 Å². The van der Waals surface area contributed by atoms with E-state index in [1.807, 2.05) is 0 Å². The van der Waals surface area contributed by atoms with Crippen molar-refractivity contribution in [3.8, 4) is 0 Å². The number of methoxy groups -OCH3 is 1. The Balaban J connectivity index is 2.34. The number of nitro benzene ring substituents is 1. The molecule has 0 radical (unpaired) electrons. The maximum atomic E-state index is 12.3. The van der Waals surface area contributed by atoms with Gasteiger partial charge in [-0.3, -0.25) is 19.7 Å². The van der Waals surface area contributed by atoms with Crippen LogP contribution in [-0.4, -0.2) is 29.6 Å². The van der Waals surface area contributed by atoms with Crippen LogP contribution in [0.1, 0.15) is 13.3 Å². The summed E-state index contributed by atoms with van der Waals surface area (Å²) in [6.07, 6.45) is -0.137. The smallest absolute Gasteiger partial charge is 0.306 e. The number of nitrogens with zero attached hydrogens (tertiary/aromatic N) is 3. The fourth-order valence-electron chi connectivity index (χ4n) is 2.06. The van der Waals surface area contributed by atoms with Gasteiger partial charge in [-0.2, -0.15) is 10.1 Å². The minimum Gasteiger partial charge on any atom is -0.469 e. The summed E-state index contributed by atoms with van der Waals surface area (Å²) in [5.74, 6) is -1.77. The number of para-hydroxylation sites is 2. The number of hydrogen-bond donors (Lipinski definition) is 0. The molecule has 1 heterocycles. The fraction of sp³-hybridized carbons (Fsp3) is 0.308. The first kappa shape index (κ1) is 14.6. The molecule has 0 N–H and O–H groups in total. The van der Waals surface area contributed by atoms with Crippen LogP contribution >= 0.6 is 0 Å². The number of carbonyl (C=O) groups excluding carboxylic acids is 2. The molecule has 1 aromatic carbocycles. The SMILES string of the molecule is COC(=O)CC1C(=O)N(c2ccccc2[N+](=O)[O-])N=C1C. The number of anilines is 1. The summed E-state index contributed by atoms with van der Waals surface area (Å²) in [6.45, 7) is 1.60. The summed E-state index contributed by atoms with van der Waals surface area (Å²) in [5, 5.41) is 16.0. The van der Waals surface area contributed by atoms with Crippen molar-refractivity contribution >= 4 is 29.0 Å². The second-order valence-electron chi connectivity index (χ2n) is 4.47. The van der Waals surface area contributed by atoms with Crippen LogP contribution in [0.3, 0.4) is 0 Å². The average molecular weight is 291 g/mol. The highest BCUT2D eigenvalue weighted by Gasteiger charge is 2.38. The Morgan fingerprint density at radius 1 is 1.48 bits per heavy atom. The third-order valence-corrected chi connectivity index (χ3v) is 3.17. The first-order valence-electron chi connectivity index (χ1n) is 6.15. The number of carbonyl (C=O) groups is 2. The summed E-state index contributed by atoms with van der Waals surface area (Å²) in [6, 6.07) is 5.81. The van der Waals surface area contributed by atoms with Crippen molar-refractivity contribution in [2.24, 2.45) is 11.0 Å². The highest BCUT2D eigenvalue weighted by atomic mass is 16.6. The summed E-state index contributed by atoms with van der Waals surface area (Å²) < 4.78 is 4.54. The molecule has 0 bridgehead atoms. The van der Waals surface area contributed by atoms with Crippen molar-refractivity contribution in [1.82, 2.24) is 0 Å². The first-order chi connectivity index (χ1) is 9.95. The summed E-state index contributed by atoms with van der Waals surface area (Å²) in [4.78, 5) is 34.1. The van der Waals surface area contributed by atoms with Gasteiger partial charge in [0.15, 0.2) is 0 Å². The van der Waals surface area contributed by atoms with E-state index >= 15 is 0 Å². The second kappa shape index (κ2) is 5.70. The molecule has 0 aromatic heterocycles. The van der Waals surface area contributed by atoms with Crippen molar-refractivity contribution < 1.29 is 19.2 Å². The fourth-order valence-corrected chi connectivity index (χ4v) is 2.06. The number of esters is 1. The van der Waals surface area contributed by atoms with Crippen molar-refractivity contribution in [2.75, 3.05) is 12.1 Å². The van der Waals surface area contributed by atoms with Gasteiger partial charge in [-0.15, -0.1) is 0 Å². The normalized spacial score (nSPS) is 17.6. The van der Waals surface area contributed by atoms with Crippen LogP contribution in [0, 0.1) is 16.0 Å². The Kier molecular flexibility index (Phi) is 3.97. The molecule has 1 amide bonds. The molecule has 1 aliphatic heterocycles. The molecule has 110 valence electrons. The van der Waals surface area contributed by atoms with Gasteiger partial charge in [-0.05, 0) is 13.0 Å². The van der Waals surface area contributed by atoms with Gasteiger partial charge in [0.05, 0.1) is 24.4 Å². The van der Waals surface area contributed by atoms with E-state index in [1.54, 1.807) is 13.0 Å². The molecule has 1 aromatic rings. The van der Waals surface area contributed by atoms with Crippen LogP contribution < -0.4 is 5.01 Å². The predicted molar refractivity (Wildman–Crippen MR) is 73.8 cm³/mol. The Hall–Kier alpha value is -2.77. The molecule has 21 heavy (non-hydrogen) atoms. The van der Waals surface area contributed by atoms with Gasteiger partial charge in [-0.1, -0.05) is 12.1 Å². The number of nitro groups is 1. The average Bonchev–Trinajstić information content (AvgIpc) is 2.75. The lowest BCUT2D eigenvalue weighted by molar-refractivity contribution is -0.384. The van der Waals surface area contributed by atoms with E-state index in [4.69, 9.17) is 0 Å². The zero-order valence-corrected chi connectivity index (χ0v) is 11.5. The Bertz CT molecular complexity index is 640. The zero-order chi connectivity index (χ0) is 15.6. The van der Waals surface area contributed by atoms with E-state index in [1.165, 1.54) is 25.3 Å². The molecular weight excluding hydrogens is 278 g/mol. The highest BCUT2D eigenvalue weighted by molar-refractivity contribution is 6.16. The molecule has 2 rings (SSSR count). The van der Waals surface area contributed by atoms with Gasteiger partial charge in [0.25, 0.3) is 11.6 Å². The van der Waals surface area contributed by atoms with E-state index in [2.05, 4.69) is 9.84 Å². The van der Waals surface area contributed by atoms with Crippen LogP contribution in [-0.2, 0) is 14.3 Å². The van der Waals surface area contributed by atoms with Crippen LogP contribution in [0.15, 0.2) is 29.4 Å². The molecule has 0 spiro atoms. The molecule has 1 unspecified atom stereocenters. The van der Waals surface area contributed by atoms with Gasteiger partial charge in [-0.25, -0.2) is 0 Å². The predicted octanol–water partition coefficient (Wildman–Crippen LogP) is 1.50. The van der Waals surface area contributed by atoms with E-state index in [0.717, 1.165) is 5.01 Å². The van der Waals surface area contributed by atoms with Crippen LogP contribution in [0.2, 0.25) is 0 Å². The summed E-state index contributed by atoms with van der Waals surface area (Å²) in [5.41, 5.74) is 0.281. The van der Waals surface area contributed by atoms with Gasteiger partial charge in [0, 0.05) is 11.8 Å². The maximum Gasteiger partial charge on any atom is 0.306 e. The maximum absolute atomic E-state index is 12.3. The van der Waals surface area contributed by atoms with Gasteiger partial charge >= 0.3 is 5.97 Å². The molecule has 8 heteroatoms. The minimum absolute atomic E-state index is 0.0826. The van der Waals surface area contributed by atoms with E-state index in [-0.39, 0.29) is 17.8 Å². The molecular formula is C13H13N3O5. The third kappa shape index (κ3) is 2.73. The Morgan fingerprint density at radius 2 is 2.14 bits per heavy atom. The quantitative estimate of drug-likeness (QED) is 0.475. The number of hydrazone groups is 1. The van der Waals surface area contributed by atoms with Crippen LogP contribution in [0.25, 0.3) is 0 Å². The molecule has 0 saturated heterocycles. The number of benzene rings is 1. The lowest BCUT2D eigenvalue weighted by Gasteiger charge is -2.13. The number of rotatable bonds is 4. The number of ether oxygens (including phenoxy) is 1. The molecule has 0 fully saturated rings. The van der Waals surface area contributed by atoms with E-state index in [9.17, 15) is 19.7 Å². The minimum atomic E-state index is -0.753. The molecule has 1 atom stereocenters. The van der Waals surface area contributed by atoms with E-state index in [0.29, 0.717) is 5.71 Å². The second-order valence-corrected chi connectivity index (χ2v) is 4.47. The topological polar surface area (TPSA) is 102 Å². The van der Waals surface area contributed by atoms with Crippen molar-refractivity contribution in [2.45, 2.75) is 13.3 Å². The Morgan fingerprint density at radius 3 is 2.76 bits per heavy atom. The van der Waals surface area contributed by atoms with Gasteiger partial charge < -0.3 is 4.74 Å². The number of amides is 1. The van der Waals surface area contributed by atoms with Crippen LogP contribution in [0.5, 0.6) is 0 Å². The Labute approximate surface area is 120 Å². The van der Waals surface area contributed by atoms with E-state index < -0.39 is 22.7 Å². The van der Waals surface area contributed by atoms with Crippen LogP contribution in [0.4, 0.5) is 11.4 Å². The summed E-state index contributed by atoms with van der Waals surface area (Å²) in [7, 11) is 1.23. The third-order valence-electron chi connectivity index (χ3n) is 3.17. The largest absolute Gasteiger partial charge is 0.469 e. The zero-order valence-electron chi connectivity index (χ0n) is 11.5. The van der Waals surface area contributed by atoms with Crippen molar-refractivity contribution in [3.05, 3.63) is 34.4 Å². The highest BCUT2D eigenvalue weighted by Crippen LogP contribution is 2.32. The lowest BCUT2D eigenvalue weighted by Crippen LogP contribution is -2.29. The monoisotopic (exact) mass is 291 g/mol. The summed E-state index contributed by atoms with van der Waals surface area (Å²) >= 11 is 0. The van der Waals surface area contributed by atoms with Gasteiger partial charge in [0.2, 0.25) is 0 Å². The van der Waals surface area contributed by atoms with Crippen molar-refractivity contribution in [1.29, 1.82) is 0 Å². The lowest BCUT2D eigenvalue weighted by atomic mass is 10.0. The van der Waals surface area contributed by atoms with Gasteiger partial charge in [0.1, 0.15) is 5.69 Å². The first-order valence-corrected chi connectivity index (χ1v) is 6.15. The number of hydrogen-bond acceptors (Lipinski definition) is 6. The molecule has 8 nitrogen and oxygen atoms in total. The molecule has 1 aliphatic rings. The molecule has 0 saturated carbocycles.